The Morgan fingerprint density at radius 2 is 1.95 bits per heavy atom. The van der Waals surface area contributed by atoms with Gasteiger partial charge in [-0.2, -0.15) is 0 Å². The quantitative estimate of drug-likeness (QED) is 0.940. The first-order valence-corrected chi connectivity index (χ1v) is 7.64. The summed E-state index contributed by atoms with van der Waals surface area (Å²) < 4.78 is 0. The average Bonchev–Trinajstić information content (AvgIpc) is 3.08. The number of benzene rings is 1. The molecule has 1 amide bonds. The molecule has 0 bridgehead atoms. The fraction of sp³-hybridized carbons (Fsp3) is 0.353. The second kappa shape index (κ2) is 6.56. The van der Waals surface area contributed by atoms with Gasteiger partial charge < -0.3 is 10.2 Å². The molecule has 1 aromatic heterocycles. The lowest BCUT2D eigenvalue weighted by atomic mass is 10.1. The lowest BCUT2D eigenvalue weighted by Gasteiger charge is -2.21. The fourth-order valence-corrected chi connectivity index (χ4v) is 2.70. The summed E-state index contributed by atoms with van der Waals surface area (Å²) in [5, 5.41) is 2.93. The zero-order chi connectivity index (χ0) is 15.4. The van der Waals surface area contributed by atoms with Crippen LogP contribution in [0.15, 0.2) is 36.7 Å². The van der Waals surface area contributed by atoms with E-state index in [1.54, 1.807) is 6.20 Å². The van der Waals surface area contributed by atoms with Crippen LogP contribution in [0.25, 0.3) is 0 Å². The molecule has 0 atom stereocenters. The molecule has 5 heteroatoms. The summed E-state index contributed by atoms with van der Waals surface area (Å²) in [6.07, 6.45) is 5.59. The standard InChI is InChI=1S/C17H20N4O/c1-13-10-19-15(12-18-13)17(22)20-11-14-6-2-3-7-16(14)21-8-4-5-9-21/h2-3,6-7,10,12H,4-5,8-9,11H2,1H3,(H,20,22). The Hall–Kier alpha value is -2.43. The number of aromatic nitrogens is 2. The highest BCUT2D eigenvalue weighted by Crippen LogP contribution is 2.24. The van der Waals surface area contributed by atoms with E-state index in [-0.39, 0.29) is 5.91 Å². The molecule has 1 N–H and O–H groups in total. The van der Waals surface area contributed by atoms with Crippen LogP contribution in [0.2, 0.25) is 0 Å². The largest absolute Gasteiger partial charge is 0.371 e. The number of carbonyl (C=O) groups excluding carboxylic acids is 1. The molecule has 2 heterocycles. The molecule has 5 nitrogen and oxygen atoms in total. The Bertz CT molecular complexity index is 648. The van der Waals surface area contributed by atoms with Gasteiger partial charge in [-0.3, -0.25) is 9.78 Å². The number of hydrogen-bond donors (Lipinski definition) is 1. The summed E-state index contributed by atoms with van der Waals surface area (Å²) in [4.78, 5) is 22.7. The molecule has 1 aromatic carbocycles. The lowest BCUT2D eigenvalue weighted by molar-refractivity contribution is 0.0945. The molecule has 2 aromatic rings. The number of para-hydroxylation sites is 1. The number of carbonyl (C=O) groups is 1. The van der Waals surface area contributed by atoms with Gasteiger partial charge in [0.25, 0.3) is 5.91 Å². The summed E-state index contributed by atoms with van der Waals surface area (Å²) in [6.45, 7) is 4.53. The van der Waals surface area contributed by atoms with Gasteiger partial charge in [-0.05, 0) is 31.4 Å². The first kappa shape index (κ1) is 14.5. The van der Waals surface area contributed by atoms with Gasteiger partial charge in [0.15, 0.2) is 0 Å². The number of rotatable bonds is 4. The summed E-state index contributed by atoms with van der Waals surface area (Å²) in [5.41, 5.74) is 3.51. The highest BCUT2D eigenvalue weighted by Gasteiger charge is 2.16. The van der Waals surface area contributed by atoms with Crippen LogP contribution in [-0.2, 0) is 6.54 Å². The van der Waals surface area contributed by atoms with Gasteiger partial charge in [0.1, 0.15) is 5.69 Å². The van der Waals surface area contributed by atoms with E-state index in [1.165, 1.54) is 24.7 Å². The van der Waals surface area contributed by atoms with E-state index in [1.807, 2.05) is 19.1 Å². The van der Waals surface area contributed by atoms with E-state index >= 15 is 0 Å². The third kappa shape index (κ3) is 3.24. The number of hydrogen-bond acceptors (Lipinski definition) is 4. The maximum Gasteiger partial charge on any atom is 0.271 e. The van der Waals surface area contributed by atoms with Crippen LogP contribution in [0.4, 0.5) is 5.69 Å². The minimum absolute atomic E-state index is 0.191. The van der Waals surface area contributed by atoms with E-state index in [0.29, 0.717) is 12.2 Å². The Balaban J connectivity index is 1.68. The van der Waals surface area contributed by atoms with Crippen molar-refractivity contribution in [3.8, 4) is 0 Å². The second-order valence-corrected chi connectivity index (χ2v) is 5.55. The molecule has 1 aliphatic heterocycles. The van der Waals surface area contributed by atoms with Gasteiger partial charge in [-0.25, -0.2) is 4.98 Å². The lowest BCUT2D eigenvalue weighted by Crippen LogP contribution is -2.26. The van der Waals surface area contributed by atoms with Crippen molar-refractivity contribution in [1.29, 1.82) is 0 Å². The predicted octanol–water partition coefficient (Wildman–Crippen LogP) is 2.32. The minimum atomic E-state index is -0.191. The fourth-order valence-electron chi connectivity index (χ4n) is 2.70. The Kier molecular flexibility index (Phi) is 4.32. The summed E-state index contributed by atoms with van der Waals surface area (Å²) in [6, 6.07) is 8.24. The number of amides is 1. The van der Waals surface area contributed by atoms with Crippen LogP contribution in [0, 0.1) is 6.92 Å². The topological polar surface area (TPSA) is 58.1 Å². The molecule has 0 unspecified atom stereocenters. The van der Waals surface area contributed by atoms with E-state index < -0.39 is 0 Å². The van der Waals surface area contributed by atoms with Crippen LogP contribution in [0.3, 0.4) is 0 Å². The minimum Gasteiger partial charge on any atom is -0.371 e. The van der Waals surface area contributed by atoms with Crippen LogP contribution in [-0.4, -0.2) is 29.0 Å². The van der Waals surface area contributed by atoms with Crippen LogP contribution < -0.4 is 10.2 Å². The molecule has 1 aliphatic rings. The van der Waals surface area contributed by atoms with Crippen LogP contribution >= 0.6 is 0 Å². The second-order valence-electron chi connectivity index (χ2n) is 5.55. The molecule has 0 radical (unpaired) electrons. The van der Waals surface area contributed by atoms with E-state index in [9.17, 15) is 4.79 Å². The summed E-state index contributed by atoms with van der Waals surface area (Å²) >= 11 is 0. The van der Waals surface area contributed by atoms with Crippen LogP contribution in [0.1, 0.15) is 34.6 Å². The van der Waals surface area contributed by atoms with Gasteiger partial charge in [0.2, 0.25) is 0 Å². The van der Waals surface area contributed by atoms with Crippen molar-refractivity contribution >= 4 is 11.6 Å². The van der Waals surface area contributed by atoms with Crippen molar-refractivity contribution in [2.24, 2.45) is 0 Å². The average molecular weight is 296 g/mol. The maximum atomic E-state index is 12.1. The third-order valence-corrected chi connectivity index (χ3v) is 3.89. The maximum absolute atomic E-state index is 12.1. The molecule has 1 saturated heterocycles. The monoisotopic (exact) mass is 296 g/mol. The van der Waals surface area contributed by atoms with Crippen molar-refractivity contribution in [2.75, 3.05) is 18.0 Å². The van der Waals surface area contributed by atoms with Gasteiger partial charge in [0.05, 0.1) is 11.9 Å². The highest BCUT2D eigenvalue weighted by molar-refractivity contribution is 5.91. The van der Waals surface area contributed by atoms with E-state index in [2.05, 4.69) is 32.3 Å². The smallest absolute Gasteiger partial charge is 0.271 e. The number of aryl methyl sites for hydroxylation is 1. The SMILES string of the molecule is Cc1cnc(C(=O)NCc2ccccc2N2CCCC2)cn1. The normalized spacial score (nSPS) is 14.1. The van der Waals surface area contributed by atoms with Gasteiger partial charge >= 0.3 is 0 Å². The third-order valence-electron chi connectivity index (χ3n) is 3.89. The molecule has 0 spiro atoms. The van der Waals surface area contributed by atoms with Crippen molar-refractivity contribution in [3.63, 3.8) is 0 Å². The number of nitrogens with zero attached hydrogens (tertiary/aromatic N) is 3. The Morgan fingerprint density at radius 3 is 2.68 bits per heavy atom. The van der Waals surface area contributed by atoms with Crippen molar-refractivity contribution < 1.29 is 4.79 Å². The molecule has 1 fully saturated rings. The van der Waals surface area contributed by atoms with Gasteiger partial charge in [-0.1, -0.05) is 18.2 Å². The number of anilines is 1. The first-order chi connectivity index (χ1) is 10.7. The summed E-state index contributed by atoms with van der Waals surface area (Å²) in [5.74, 6) is -0.191. The molecular formula is C17H20N4O. The van der Waals surface area contributed by atoms with E-state index in [4.69, 9.17) is 0 Å². The van der Waals surface area contributed by atoms with E-state index in [0.717, 1.165) is 24.3 Å². The molecule has 3 rings (SSSR count). The molecule has 0 saturated carbocycles. The van der Waals surface area contributed by atoms with Crippen LogP contribution in [0.5, 0.6) is 0 Å². The van der Waals surface area contributed by atoms with Gasteiger partial charge in [-0.15, -0.1) is 0 Å². The molecule has 0 aliphatic carbocycles. The summed E-state index contributed by atoms with van der Waals surface area (Å²) in [7, 11) is 0. The van der Waals surface area contributed by atoms with Crippen molar-refractivity contribution in [1.82, 2.24) is 15.3 Å². The predicted molar refractivity (Wildman–Crippen MR) is 85.8 cm³/mol. The van der Waals surface area contributed by atoms with Gasteiger partial charge in [0, 0.05) is 31.5 Å². The first-order valence-electron chi connectivity index (χ1n) is 7.64. The Morgan fingerprint density at radius 1 is 1.18 bits per heavy atom. The van der Waals surface area contributed by atoms with Crippen molar-refractivity contribution in [3.05, 3.63) is 53.6 Å². The zero-order valence-electron chi connectivity index (χ0n) is 12.7. The Labute approximate surface area is 130 Å². The number of nitrogens with one attached hydrogen (secondary N) is 1. The molecular weight excluding hydrogens is 276 g/mol. The molecule has 114 valence electrons. The van der Waals surface area contributed by atoms with Crippen molar-refractivity contribution in [2.45, 2.75) is 26.3 Å². The zero-order valence-corrected chi connectivity index (χ0v) is 12.7. The highest BCUT2D eigenvalue weighted by atomic mass is 16.1. The molecule has 22 heavy (non-hydrogen) atoms.